The number of amides is 4. The van der Waals surface area contributed by atoms with Crippen LogP contribution in [-0.2, 0) is 19.1 Å². The molecule has 142 valence electrons. The summed E-state index contributed by atoms with van der Waals surface area (Å²) in [6.07, 6.45) is 0.658. The van der Waals surface area contributed by atoms with Crippen LogP contribution in [0.3, 0.4) is 0 Å². The van der Waals surface area contributed by atoms with E-state index in [1.54, 1.807) is 34.9 Å². The molecule has 0 aromatic rings. The number of hydrogen-bond donors (Lipinski definition) is 3. The third-order valence-corrected chi connectivity index (χ3v) is 3.88. The number of carbonyl (C=O) groups excluding carboxylic acids is 4. The molecule has 0 heterocycles. The number of rotatable bonds is 3. The number of ether oxygens (including phenoxy) is 1. The van der Waals surface area contributed by atoms with Crippen molar-refractivity contribution >= 4 is 23.8 Å². The summed E-state index contributed by atoms with van der Waals surface area (Å²) in [5.74, 6) is -2.34. The molecule has 3 atom stereocenters. The van der Waals surface area contributed by atoms with Crippen molar-refractivity contribution in [3.05, 3.63) is 0 Å². The Labute approximate surface area is 147 Å². The first-order valence-corrected chi connectivity index (χ1v) is 8.21. The molecule has 9 nitrogen and oxygen atoms in total. The summed E-state index contributed by atoms with van der Waals surface area (Å²) in [7, 11) is 3.33. The Morgan fingerprint density at radius 2 is 1.64 bits per heavy atom. The number of nitrogens with zero attached hydrogens (tertiary/aromatic N) is 1. The molecule has 25 heavy (non-hydrogen) atoms. The lowest BCUT2D eigenvalue weighted by molar-refractivity contribution is -0.138. The van der Waals surface area contributed by atoms with Crippen LogP contribution in [-0.4, -0.2) is 60.5 Å². The van der Waals surface area contributed by atoms with Crippen molar-refractivity contribution in [1.29, 1.82) is 0 Å². The van der Waals surface area contributed by atoms with Gasteiger partial charge in [0.2, 0.25) is 5.91 Å². The third kappa shape index (κ3) is 6.60. The Morgan fingerprint density at radius 3 is 2.12 bits per heavy atom. The third-order valence-electron chi connectivity index (χ3n) is 3.88. The number of alkyl carbamates (subject to hydrolysis) is 1. The highest BCUT2D eigenvalue weighted by molar-refractivity contribution is 6.34. The summed E-state index contributed by atoms with van der Waals surface area (Å²) >= 11 is 0. The van der Waals surface area contributed by atoms with Gasteiger partial charge in [0.15, 0.2) is 0 Å². The zero-order chi connectivity index (χ0) is 19.4. The summed E-state index contributed by atoms with van der Waals surface area (Å²) in [4.78, 5) is 48.4. The molecule has 1 saturated carbocycles. The monoisotopic (exact) mass is 356 g/mol. The van der Waals surface area contributed by atoms with Crippen LogP contribution in [0.1, 0.15) is 40.0 Å². The number of carbonyl (C=O) groups is 4. The van der Waals surface area contributed by atoms with Gasteiger partial charge in [-0.3, -0.25) is 14.4 Å². The van der Waals surface area contributed by atoms with Crippen molar-refractivity contribution in [1.82, 2.24) is 15.5 Å². The van der Waals surface area contributed by atoms with Gasteiger partial charge in [-0.2, -0.15) is 0 Å². The molecular formula is C16H28N4O5. The van der Waals surface area contributed by atoms with E-state index >= 15 is 0 Å². The van der Waals surface area contributed by atoms with Gasteiger partial charge in [-0.05, 0) is 40.0 Å². The van der Waals surface area contributed by atoms with Crippen LogP contribution < -0.4 is 16.4 Å². The van der Waals surface area contributed by atoms with Gasteiger partial charge in [-0.25, -0.2) is 4.79 Å². The lowest BCUT2D eigenvalue weighted by atomic mass is 9.81. The molecule has 1 rings (SSSR count). The van der Waals surface area contributed by atoms with E-state index in [0.29, 0.717) is 19.3 Å². The number of nitrogens with two attached hydrogens (primary N) is 1. The van der Waals surface area contributed by atoms with Crippen LogP contribution in [0.4, 0.5) is 4.79 Å². The van der Waals surface area contributed by atoms with Crippen LogP contribution >= 0.6 is 0 Å². The van der Waals surface area contributed by atoms with Crippen LogP contribution in [0, 0.1) is 5.92 Å². The van der Waals surface area contributed by atoms with Crippen LogP contribution in [0.25, 0.3) is 0 Å². The second-order valence-corrected chi connectivity index (χ2v) is 7.44. The summed E-state index contributed by atoms with van der Waals surface area (Å²) in [6.45, 7) is 5.20. The van der Waals surface area contributed by atoms with Crippen molar-refractivity contribution < 1.29 is 23.9 Å². The molecule has 9 heteroatoms. The van der Waals surface area contributed by atoms with Crippen LogP contribution in [0.2, 0.25) is 0 Å². The molecule has 4 amide bonds. The Hall–Kier alpha value is -2.32. The standard InChI is InChI=1S/C16H28N4O5/c1-16(2,3)25-15(24)19-11-8-9(14(23)20(4)5)6-7-10(11)18-13(22)12(17)21/h9-11H,6-8H2,1-5H3,(H2,17,21)(H,18,22)(H,19,24)/t9-,10-,11+/m0/s1. The highest BCUT2D eigenvalue weighted by Gasteiger charge is 2.37. The predicted molar refractivity (Wildman–Crippen MR) is 90.3 cm³/mol. The molecule has 0 spiro atoms. The highest BCUT2D eigenvalue weighted by Crippen LogP contribution is 2.26. The molecular weight excluding hydrogens is 328 g/mol. The minimum absolute atomic E-state index is 0.0457. The van der Waals surface area contributed by atoms with Crippen molar-refractivity contribution in [3.8, 4) is 0 Å². The molecule has 0 aromatic carbocycles. The first-order valence-electron chi connectivity index (χ1n) is 8.21. The fourth-order valence-electron chi connectivity index (χ4n) is 2.79. The maximum absolute atomic E-state index is 12.2. The van der Waals surface area contributed by atoms with Crippen molar-refractivity contribution in [2.75, 3.05) is 14.1 Å². The Morgan fingerprint density at radius 1 is 1.04 bits per heavy atom. The Kier molecular flexibility index (Phi) is 6.78. The summed E-state index contributed by atoms with van der Waals surface area (Å²) < 4.78 is 5.23. The van der Waals surface area contributed by atoms with E-state index in [1.807, 2.05) is 0 Å². The van der Waals surface area contributed by atoms with E-state index in [0.717, 1.165) is 0 Å². The largest absolute Gasteiger partial charge is 0.444 e. The van der Waals surface area contributed by atoms with Gasteiger partial charge in [0.05, 0.1) is 6.04 Å². The molecule has 1 aliphatic rings. The minimum Gasteiger partial charge on any atom is -0.444 e. The van der Waals surface area contributed by atoms with Crippen molar-refractivity contribution in [2.45, 2.75) is 57.7 Å². The number of nitrogens with one attached hydrogen (secondary N) is 2. The van der Waals surface area contributed by atoms with Gasteiger partial charge in [0.25, 0.3) is 0 Å². The predicted octanol–water partition coefficient (Wildman–Crippen LogP) is -0.262. The van der Waals surface area contributed by atoms with Crippen molar-refractivity contribution in [2.24, 2.45) is 11.7 Å². The molecule has 0 aliphatic heterocycles. The molecule has 0 bridgehead atoms. The van der Waals surface area contributed by atoms with E-state index in [9.17, 15) is 19.2 Å². The lowest BCUT2D eigenvalue weighted by Crippen LogP contribution is -2.57. The highest BCUT2D eigenvalue weighted by atomic mass is 16.6. The van der Waals surface area contributed by atoms with Gasteiger partial charge in [0.1, 0.15) is 5.60 Å². The van der Waals surface area contributed by atoms with E-state index < -0.39 is 35.6 Å². The maximum Gasteiger partial charge on any atom is 0.407 e. The molecule has 0 unspecified atom stereocenters. The first-order chi connectivity index (χ1) is 11.4. The lowest BCUT2D eigenvalue weighted by Gasteiger charge is -2.37. The summed E-state index contributed by atoms with van der Waals surface area (Å²) in [5.41, 5.74) is 4.30. The number of hydrogen-bond acceptors (Lipinski definition) is 5. The molecule has 0 aromatic heterocycles. The SMILES string of the molecule is CN(C)C(=O)[C@H]1CC[C@H](NC(=O)C(N)=O)[C@H](NC(=O)OC(C)(C)C)C1. The number of primary amides is 1. The average molecular weight is 356 g/mol. The van der Waals surface area contributed by atoms with E-state index in [1.165, 1.54) is 4.90 Å². The summed E-state index contributed by atoms with van der Waals surface area (Å²) in [5, 5.41) is 5.21. The van der Waals surface area contributed by atoms with Gasteiger partial charge in [-0.15, -0.1) is 0 Å². The second-order valence-electron chi connectivity index (χ2n) is 7.44. The van der Waals surface area contributed by atoms with E-state index in [-0.39, 0.29) is 11.8 Å². The quantitative estimate of drug-likeness (QED) is 0.600. The molecule has 0 saturated heterocycles. The molecule has 4 N–H and O–H groups in total. The second kappa shape index (κ2) is 8.17. The van der Waals surface area contributed by atoms with E-state index in [4.69, 9.17) is 10.5 Å². The fourth-order valence-corrected chi connectivity index (χ4v) is 2.79. The van der Waals surface area contributed by atoms with Crippen LogP contribution in [0.5, 0.6) is 0 Å². The summed E-state index contributed by atoms with van der Waals surface area (Å²) in [6, 6.07) is -1.04. The average Bonchev–Trinajstić information content (AvgIpc) is 2.45. The Bertz CT molecular complexity index is 541. The van der Waals surface area contributed by atoms with Gasteiger partial charge in [0, 0.05) is 26.1 Å². The molecule has 1 aliphatic carbocycles. The van der Waals surface area contributed by atoms with Crippen LogP contribution in [0.15, 0.2) is 0 Å². The normalized spacial score (nSPS) is 23.3. The Balaban J connectivity index is 2.85. The zero-order valence-electron chi connectivity index (χ0n) is 15.4. The van der Waals surface area contributed by atoms with Crippen molar-refractivity contribution in [3.63, 3.8) is 0 Å². The maximum atomic E-state index is 12.2. The van der Waals surface area contributed by atoms with Gasteiger partial charge in [-0.1, -0.05) is 0 Å². The zero-order valence-corrected chi connectivity index (χ0v) is 15.4. The van der Waals surface area contributed by atoms with E-state index in [2.05, 4.69) is 10.6 Å². The minimum atomic E-state index is -1.09. The van der Waals surface area contributed by atoms with Gasteiger partial charge >= 0.3 is 17.9 Å². The van der Waals surface area contributed by atoms with Gasteiger partial charge < -0.3 is 26.0 Å². The topological polar surface area (TPSA) is 131 Å². The first kappa shape index (κ1) is 20.7. The fraction of sp³-hybridized carbons (Fsp3) is 0.750. The molecule has 1 fully saturated rings. The molecule has 0 radical (unpaired) electrons. The smallest absolute Gasteiger partial charge is 0.407 e.